The molecule has 2 rings (SSSR count). The fourth-order valence-electron chi connectivity index (χ4n) is 1.83. The van der Waals surface area contributed by atoms with Crippen LogP contribution in [0, 0.1) is 0 Å². The summed E-state index contributed by atoms with van der Waals surface area (Å²) >= 11 is 1.33. The summed E-state index contributed by atoms with van der Waals surface area (Å²) < 4.78 is 6.87. The Morgan fingerprint density at radius 1 is 1.58 bits per heavy atom. The van der Waals surface area contributed by atoms with Gasteiger partial charge < -0.3 is 10.5 Å². The lowest BCUT2D eigenvalue weighted by Gasteiger charge is -2.06. The highest BCUT2D eigenvalue weighted by Crippen LogP contribution is 2.21. The monoisotopic (exact) mass is 280 g/mol. The minimum Gasteiger partial charge on any atom is -0.493 e. The van der Waals surface area contributed by atoms with Gasteiger partial charge >= 0.3 is 0 Å². The Labute approximate surface area is 115 Å². The largest absolute Gasteiger partial charge is 0.493 e. The number of nitrogens with zero attached hydrogens (tertiary/aromatic N) is 3. The number of hydrogen-bond acceptors (Lipinski definition) is 6. The van der Waals surface area contributed by atoms with Crippen molar-refractivity contribution in [3.8, 4) is 5.75 Å². The van der Waals surface area contributed by atoms with Crippen LogP contribution in [0.1, 0.15) is 29.5 Å². The fraction of sp³-hybridized carbons (Fsp3) is 0.417. The number of hydrogen-bond donors (Lipinski definition) is 1. The molecule has 0 atom stereocenters. The molecule has 0 amide bonds. The van der Waals surface area contributed by atoms with Gasteiger partial charge in [0.05, 0.1) is 25.4 Å². The van der Waals surface area contributed by atoms with Crippen molar-refractivity contribution in [2.24, 2.45) is 0 Å². The summed E-state index contributed by atoms with van der Waals surface area (Å²) in [7, 11) is 1.53. The summed E-state index contributed by atoms with van der Waals surface area (Å²) in [5.74, 6) is 0.440. The molecule has 0 unspecified atom stereocenters. The summed E-state index contributed by atoms with van der Waals surface area (Å²) in [4.78, 5) is 16.4. The van der Waals surface area contributed by atoms with Crippen molar-refractivity contribution >= 4 is 22.3 Å². The number of nitrogens with two attached hydrogens (primary N) is 1. The predicted molar refractivity (Wildman–Crippen MR) is 73.6 cm³/mol. The highest BCUT2D eigenvalue weighted by atomic mass is 32.1. The van der Waals surface area contributed by atoms with Gasteiger partial charge in [-0.25, -0.2) is 4.98 Å². The number of carbonyl (C=O) groups is 1. The molecule has 0 aliphatic heterocycles. The van der Waals surface area contributed by atoms with Crippen molar-refractivity contribution < 1.29 is 9.53 Å². The first kappa shape index (κ1) is 13.5. The molecular formula is C12H16N4O2S. The second kappa shape index (κ2) is 5.83. The van der Waals surface area contributed by atoms with Crippen LogP contribution in [0.3, 0.4) is 0 Å². The van der Waals surface area contributed by atoms with Crippen molar-refractivity contribution in [2.75, 3.05) is 12.8 Å². The molecule has 0 saturated heterocycles. The van der Waals surface area contributed by atoms with Gasteiger partial charge in [-0.1, -0.05) is 6.92 Å². The van der Waals surface area contributed by atoms with E-state index in [1.54, 1.807) is 16.3 Å². The second-order valence-electron chi connectivity index (χ2n) is 4.06. The molecule has 0 aliphatic rings. The second-order valence-corrected chi connectivity index (χ2v) is 4.95. The molecule has 2 N–H and O–H groups in total. The quantitative estimate of drug-likeness (QED) is 0.815. The normalized spacial score (nSPS) is 10.6. The maximum Gasteiger partial charge on any atom is 0.190 e. The summed E-state index contributed by atoms with van der Waals surface area (Å²) in [6.45, 7) is 2.72. The highest BCUT2D eigenvalue weighted by Gasteiger charge is 2.20. The zero-order valence-electron chi connectivity index (χ0n) is 10.9. The lowest BCUT2D eigenvalue weighted by atomic mass is 10.1. The van der Waals surface area contributed by atoms with Gasteiger partial charge in [0, 0.05) is 11.9 Å². The number of thiazole rings is 1. The Kier molecular flexibility index (Phi) is 4.16. The fourth-order valence-corrected chi connectivity index (χ4v) is 2.40. The van der Waals surface area contributed by atoms with Crippen molar-refractivity contribution in [3.05, 3.63) is 23.0 Å². The number of anilines is 1. The molecule has 0 fully saturated rings. The Morgan fingerprint density at radius 2 is 2.37 bits per heavy atom. The number of ketones is 1. The van der Waals surface area contributed by atoms with E-state index in [2.05, 4.69) is 10.1 Å². The van der Waals surface area contributed by atoms with Crippen LogP contribution in [0.25, 0.3) is 0 Å². The number of rotatable bonds is 6. The number of aryl methyl sites for hydroxylation is 1. The van der Waals surface area contributed by atoms with E-state index in [0.29, 0.717) is 28.8 Å². The van der Waals surface area contributed by atoms with Crippen molar-refractivity contribution in [3.63, 3.8) is 0 Å². The van der Waals surface area contributed by atoms with E-state index in [4.69, 9.17) is 10.5 Å². The van der Waals surface area contributed by atoms with Crippen molar-refractivity contribution in [2.45, 2.75) is 26.3 Å². The van der Waals surface area contributed by atoms with Crippen molar-refractivity contribution in [1.82, 2.24) is 14.8 Å². The van der Waals surface area contributed by atoms with E-state index in [1.807, 2.05) is 6.92 Å². The molecule has 0 radical (unpaired) electrons. The third-order valence-electron chi connectivity index (χ3n) is 2.64. The molecule has 102 valence electrons. The van der Waals surface area contributed by atoms with Crippen LogP contribution in [-0.2, 0) is 13.0 Å². The van der Waals surface area contributed by atoms with E-state index >= 15 is 0 Å². The Bertz CT molecular complexity index is 576. The summed E-state index contributed by atoms with van der Waals surface area (Å²) in [5.41, 5.74) is 6.74. The SMILES string of the molecule is CCCn1ncc(OC)c1C(=O)Cc1csc(N)n1. The average Bonchev–Trinajstić information content (AvgIpc) is 2.96. The molecule has 0 bridgehead atoms. The third-order valence-corrected chi connectivity index (χ3v) is 3.36. The van der Waals surface area contributed by atoms with Crippen LogP contribution < -0.4 is 10.5 Å². The predicted octanol–water partition coefficient (Wildman–Crippen LogP) is 1.77. The molecule has 2 aromatic heterocycles. The van der Waals surface area contributed by atoms with E-state index < -0.39 is 0 Å². The first-order valence-corrected chi connectivity index (χ1v) is 6.86. The van der Waals surface area contributed by atoms with Gasteiger partial charge in [-0.3, -0.25) is 9.48 Å². The Morgan fingerprint density at radius 3 is 2.95 bits per heavy atom. The maximum absolute atomic E-state index is 12.3. The number of carbonyl (C=O) groups excluding carboxylic acids is 1. The number of ether oxygens (including phenoxy) is 1. The number of aromatic nitrogens is 3. The standard InChI is InChI=1S/C12H16N4O2S/c1-3-4-16-11(10(18-2)6-14-16)9(17)5-8-7-19-12(13)15-8/h6-7H,3-5H2,1-2H3,(H2,13,15). The van der Waals surface area contributed by atoms with Crippen molar-refractivity contribution in [1.29, 1.82) is 0 Å². The van der Waals surface area contributed by atoms with Gasteiger partial charge in [0.15, 0.2) is 16.7 Å². The van der Waals surface area contributed by atoms with Crippen LogP contribution in [0.15, 0.2) is 11.6 Å². The lowest BCUT2D eigenvalue weighted by Crippen LogP contribution is -2.13. The number of methoxy groups -OCH3 is 1. The molecule has 7 heteroatoms. The van der Waals surface area contributed by atoms with Crippen LogP contribution in [0.4, 0.5) is 5.13 Å². The number of nitrogen functional groups attached to an aromatic ring is 1. The van der Waals surface area contributed by atoms with E-state index in [1.165, 1.54) is 18.4 Å². The van der Waals surface area contributed by atoms with Crippen LogP contribution in [0.2, 0.25) is 0 Å². The summed E-state index contributed by atoms with van der Waals surface area (Å²) in [6.07, 6.45) is 2.67. The van der Waals surface area contributed by atoms with Gasteiger partial charge in [-0.2, -0.15) is 5.10 Å². The molecule has 19 heavy (non-hydrogen) atoms. The van der Waals surface area contributed by atoms with Crippen LogP contribution >= 0.6 is 11.3 Å². The molecule has 6 nitrogen and oxygen atoms in total. The van der Waals surface area contributed by atoms with Gasteiger partial charge in [-0.05, 0) is 6.42 Å². The molecule has 2 aromatic rings. The third kappa shape index (κ3) is 2.93. The molecule has 0 aromatic carbocycles. The van der Waals surface area contributed by atoms with E-state index in [-0.39, 0.29) is 12.2 Å². The minimum atomic E-state index is -0.0619. The van der Waals surface area contributed by atoms with E-state index in [9.17, 15) is 4.79 Å². The van der Waals surface area contributed by atoms with Crippen LogP contribution in [0.5, 0.6) is 5.75 Å². The first-order valence-electron chi connectivity index (χ1n) is 5.98. The maximum atomic E-state index is 12.3. The van der Waals surface area contributed by atoms with Gasteiger partial charge in [0.1, 0.15) is 5.69 Å². The van der Waals surface area contributed by atoms with Gasteiger partial charge in [0.25, 0.3) is 0 Å². The van der Waals surface area contributed by atoms with Gasteiger partial charge in [-0.15, -0.1) is 11.3 Å². The zero-order chi connectivity index (χ0) is 13.8. The average molecular weight is 280 g/mol. The molecule has 2 heterocycles. The lowest BCUT2D eigenvalue weighted by molar-refractivity contribution is 0.0978. The molecule has 0 saturated carbocycles. The van der Waals surface area contributed by atoms with E-state index in [0.717, 1.165) is 6.42 Å². The van der Waals surface area contributed by atoms with Crippen LogP contribution in [-0.4, -0.2) is 27.7 Å². The summed E-state index contributed by atoms with van der Waals surface area (Å²) in [5, 5.41) is 6.43. The Balaban J connectivity index is 2.24. The number of Topliss-reactive ketones (excluding diaryl/α,β-unsaturated/α-hetero) is 1. The molecule has 0 spiro atoms. The summed E-state index contributed by atoms with van der Waals surface area (Å²) in [6, 6.07) is 0. The smallest absolute Gasteiger partial charge is 0.190 e. The minimum absolute atomic E-state index is 0.0619. The van der Waals surface area contributed by atoms with Gasteiger partial charge in [0.2, 0.25) is 0 Å². The molecular weight excluding hydrogens is 264 g/mol. The first-order chi connectivity index (χ1) is 9.15. The zero-order valence-corrected chi connectivity index (χ0v) is 11.7. The Hall–Kier alpha value is -1.89. The topological polar surface area (TPSA) is 83.0 Å². The molecule has 0 aliphatic carbocycles. The highest BCUT2D eigenvalue weighted by molar-refractivity contribution is 7.13.